The summed E-state index contributed by atoms with van der Waals surface area (Å²) in [6.07, 6.45) is 0.878. The van der Waals surface area contributed by atoms with Crippen molar-refractivity contribution in [2.45, 2.75) is 25.5 Å². The maximum Gasteiger partial charge on any atom is 0.194 e. The maximum atomic E-state index is 13.8. The standard InChI is InChI=1S/C13H16F3NO/c1-7-5-8(6-18-7)13(17-2)9-3-4-10(14)12(16)11(9)15/h3-4,7-8,13,17H,5-6H2,1-2H3. The zero-order valence-electron chi connectivity index (χ0n) is 10.3. The van der Waals surface area contributed by atoms with Gasteiger partial charge in [0, 0.05) is 17.5 Å². The summed E-state index contributed by atoms with van der Waals surface area (Å²) in [4.78, 5) is 0. The molecule has 0 radical (unpaired) electrons. The van der Waals surface area contributed by atoms with E-state index in [4.69, 9.17) is 4.74 Å². The van der Waals surface area contributed by atoms with Crippen molar-refractivity contribution < 1.29 is 17.9 Å². The summed E-state index contributed by atoms with van der Waals surface area (Å²) in [5.41, 5.74) is 0.152. The van der Waals surface area contributed by atoms with E-state index in [0.29, 0.717) is 6.61 Å². The Hall–Kier alpha value is -1.07. The van der Waals surface area contributed by atoms with E-state index in [1.165, 1.54) is 6.07 Å². The fraction of sp³-hybridized carbons (Fsp3) is 0.538. The fourth-order valence-electron chi connectivity index (χ4n) is 2.51. The molecule has 0 amide bonds. The Labute approximate surface area is 104 Å². The second-order valence-electron chi connectivity index (χ2n) is 4.67. The van der Waals surface area contributed by atoms with Crippen LogP contribution in [0.4, 0.5) is 13.2 Å². The van der Waals surface area contributed by atoms with E-state index in [0.717, 1.165) is 12.5 Å². The molecule has 1 N–H and O–H groups in total. The van der Waals surface area contributed by atoms with Crippen molar-refractivity contribution in [3.63, 3.8) is 0 Å². The van der Waals surface area contributed by atoms with Crippen LogP contribution in [0.5, 0.6) is 0 Å². The van der Waals surface area contributed by atoms with Crippen LogP contribution in [-0.2, 0) is 4.74 Å². The van der Waals surface area contributed by atoms with Gasteiger partial charge in [0.1, 0.15) is 0 Å². The number of halogens is 3. The third-order valence-corrected chi connectivity index (χ3v) is 3.41. The highest BCUT2D eigenvalue weighted by molar-refractivity contribution is 5.24. The largest absolute Gasteiger partial charge is 0.378 e. The van der Waals surface area contributed by atoms with Gasteiger partial charge in [-0.15, -0.1) is 0 Å². The molecule has 18 heavy (non-hydrogen) atoms. The highest BCUT2D eigenvalue weighted by Gasteiger charge is 2.32. The summed E-state index contributed by atoms with van der Waals surface area (Å²) in [6, 6.07) is 1.87. The highest BCUT2D eigenvalue weighted by atomic mass is 19.2. The summed E-state index contributed by atoms with van der Waals surface area (Å²) < 4.78 is 45.3. The van der Waals surface area contributed by atoms with Crippen LogP contribution >= 0.6 is 0 Å². The van der Waals surface area contributed by atoms with Gasteiger partial charge in [-0.05, 0) is 26.5 Å². The quantitative estimate of drug-likeness (QED) is 0.843. The van der Waals surface area contributed by atoms with Crippen LogP contribution in [0.15, 0.2) is 12.1 Å². The van der Waals surface area contributed by atoms with Crippen LogP contribution < -0.4 is 5.32 Å². The Balaban J connectivity index is 2.30. The SMILES string of the molecule is CNC(c1ccc(F)c(F)c1F)C1COC(C)C1. The van der Waals surface area contributed by atoms with E-state index in [1.54, 1.807) is 7.05 Å². The lowest BCUT2D eigenvalue weighted by molar-refractivity contribution is 0.117. The van der Waals surface area contributed by atoms with Gasteiger partial charge >= 0.3 is 0 Å². The number of benzene rings is 1. The Morgan fingerprint density at radius 3 is 2.56 bits per heavy atom. The molecule has 1 fully saturated rings. The van der Waals surface area contributed by atoms with E-state index >= 15 is 0 Å². The van der Waals surface area contributed by atoms with Crippen molar-refractivity contribution in [3.8, 4) is 0 Å². The molecular weight excluding hydrogens is 243 g/mol. The number of nitrogens with one attached hydrogen (secondary N) is 1. The van der Waals surface area contributed by atoms with Gasteiger partial charge in [0.15, 0.2) is 17.5 Å². The van der Waals surface area contributed by atoms with Crippen molar-refractivity contribution in [3.05, 3.63) is 35.1 Å². The van der Waals surface area contributed by atoms with Crippen molar-refractivity contribution in [2.24, 2.45) is 5.92 Å². The van der Waals surface area contributed by atoms with Crippen LogP contribution in [-0.4, -0.2) is 19.8 Å². The predicted octanol–water partition coefficient (Wildman–Crippen LogP) is 2.79. The first-order chi connectivity index (χ1) is 8.54. The van der Waals surface area contributed by atoms with Crippen LogP contribution in [0.3, 0.4) is 0 Å². The number of ether oxygens (including phenoxy) is 1. The molecule has 3 atom stereocenters. The first kappa shape index (κ1) is 13.4. The molecule has 0 spiro atoms. The average molecular weight is 259 g/mol. The molecule has 1 heterocycles. The monoisotopic (exact) mass is 259 g/mol. The lowest BCUT2D eigenvalue weighted by Gasteiger charge is -2.23. The number of hydrogen-bond donors (Lipinski definition) is 1. The number of hydrogen-bond acceptors (Lipinski definition) is 2. The van der Waals surface area contributed by atoms with Gasteiger partial charge in [-0.25, -0.2) is 13.2 Å². The minimum atomic E-state index is -1.42. The summed E-state index contributed by atoms with van der Waals surface area (Å²) in [5, 5.41) is 2.96. The Kier molecular flexibility index (Phi) is 3.92. The van der Waals surface area contributed by atoms with Gasteiger partial charge in [0.25, 0.3) is 0 Å². The summed E-state index contributed by atoms with van der Waals surface area (Å²) in [7, 11) is 1.67. The third kappa shape index (κ3) is 2.37. The van der Waals surface area contributed by atoms with Gasteiger partial charge in [-0.3, -0.25) is 0 Å². The minimum Gasteiger partial charge on any atom is -0.378 e. The molecule has 2 rings (SSSR count). The van der Waals surface area contributed by atoms with Crippen LogP contribution in [0.1, 0.15) is 24.9 Å². The van der Waals surface area contributed by atoms with Gasteiger partial charge in [0.05, 0.1) is 12.7 Å². The van der Waals surface area contributed by atoms with E-state index in [9.17, 15) is 13.2 Å². The zero-order chi connectivity index (χ0) is 13.3. The van der Waals surface area contributed by atoms with Crippen LogP contribution in [0.25, 0.3) is 0 Å². The Bertz CT molecular complexity index is 438. The molecule has 2 nitrogen and oxygen atoms in total. The smallest absolute Gasteiger partial charge is 0.194 e. The maximum absolute atomic E-state index is 13.8. The molecular formula is C13H16F3NO. The predicted molar refractivity (Wildman–Crippen MR) is 61.6 cm³/mol. The lowest BCUT2D eigenvalue weighted by atomic mass is 9.90. The van der Waals surface area contributed by atoms with E-state index in [-0.39, 0.29) is 23.6 Å². The van der Waals surface area contributed by atoms with Gasteiger partial charge in [-0.1, -0.05) is 6.07 Å². The molecule has 3 unspecified atom stereocenters. The fourth-order valence-corrected chi connectivity index (χ4v) is 2.51. The Morgan fingerprint density at radius 1 is 1.28 bits per heavy atom. The van der Waals surface area contributed by atoms with Crippen molar-refractivity contribution in [1.82, 2.24) is 5.32 Å². The highest BCUT2D eigenvalue weighted by Crippen LogP contribution is 2.33. The third-order valence-electron chi connectivity index (χ3n) is 3.41. The van der Waals surface area contributed by atoms with Crippen molar-refractivity contribution in [1.29, 1.82) is 0 Å². The second kappa shape index (κ2) is 5.28. The van der Waals surface area contributed by atoms with Crippen molar-refractivity contribution in [2.75, 3.05) is 13.7 Å². The summed E-state index contributed by atoms with van der Waals surface area (Å²) >= 11 is 0. The topological polar surface area (TPSA) is 21.3 Å². The van der Waals surface area contributed by atoms with Gasteiger partial charge in [-0.2, -0.15) is 0 Å². The molecule has 0 bridgehead atoms. The van der Waals surface area contributed by atoms with Crippen LogP contribution in [0, 0.1) is 23.4 Å². The van der Waals surface area contributed by atoms with E-state index in [1.807, 2.05) is 6.92 Å². The molecule has 1 aromatic carbocycles. The molecule has 1 aliphatic rings. The molecule has 1 aromatic rings. The molecule has 0 saturated carbocycles. The van der Waals surface area contributed by atoms with Gasteiger partial charge in [0.2, 0.25) is 0 Å². The van der Waals surface area contributed by atoms with E-state index in [2.05, 4.69) is 5.32 Å². The van der Waals surface area contributed by atoms with Gasteiger partial charge < -0.3 is 10.1 Å². The normalized spacial score (nSPS) is 25.4. The molecule has 1 saturated heterocycles. The first-order valence-electron chi connectivity index (χ1n) is 5.96. The minimum absolute atomic E-state index is 0.0596. The van der Waals surface area contributed by atoms with Crippen LogP contribution in [0.2, 0.25) is 0 Å². The molecule has 0 aliphatic carbocycles. The zero-order valence-corrected chi connectivity index (χ0v) is 10.3. The first-order valence-corrected chi connectivity index (χ1v) is 5.96. The summed E-state index contributed by atoms with van der Waals surface area (Å²) in [6.45, 7) is 2.43. The second-order valence-corrected chi connectivity index (χ2v) is 4.67. The molecule has 1 aliphatic heterocycles. The summed E-state index contributed by atoms with van der Waals surface area (Å²) in [5.74, 6) is -3.64. The lowest BCUT2D eigenvalue weighted by Crippen LogP contribution is -2.27. The van der Waals surface area contributed by atoms with E-state index < -0.39 is 17.5 Å². The Morgan fingerprint density at radius 2 is 2.00 bits per heavy atom. The number of rotatable bonds is 3. The molecule has 100 valence electrons. The average Bonchev–Trinajstić information content (AvgIpc) is 2.77. The van der Waals surface area contributed by atoms with Crippen molar-refractivity contribution >= 4 is 0 Å². The molecule has 5 heteroatoms. The molecule has 0 aromatic heterocycles.